The molecule has 3 atom stereocenters. The number of piperidine rings is 1. The average molecular weight is 484 g/mol. The number of para-hydroxylation sites is 1. The minimum atomic E-state index is -0.231. The molecule has 0 bridgehead atoms. The van der Waals surface area contributed by atoms with Crippen LogP contribution in [-0.4, -0.2) is 45.8 Å². The van der Waals surface area contributed by atoms with E-state index in [9.17, 15) is 9.59 Å². The number of nitrogens with zero attached hydrogens (tertiary/aromatic N) is 3. The van der Waals surface area contributed by atoms with Gasteiger partial charge in [-0.15, -0.1) is 0 Å². The van der Waals surface area contributed by atoms with E-state index in [0.717, 1.165) is 33.3 Å². The van der Waals surface area contributed by atoms with Crippen molar-refractivity contribution in [1.29, 1.82) is 0 Å². The molecule has 2 aromatic heterocycles. The number of nitrogen functional groups attached to an aromatic ring is 1. The topological polar surface area (TPSA) is 101 Å². The second-order valence-corrected chi connectivity index (χ2v) is 10.4. The molecule has 6 rings (SSSR count). The number of anilines is 1. The van der Waals surface area contributed by atoms with Crippen molar-refractivity contribution in [2.24, 2.45) is 11.8 Å². The maximum atomic E-state index is 13.7. The van der Waals surface area contributed by atoms with Gasteiger partial charge in [-0.25, -0.2) is 9.97 Å². The standard InChI is InChI=1S/C27H25N5O2S/c1-15-5-4-7-17(11-15)24-23(31-27(28)35-24)26(34)32-14-18-12-19(18)22(32)13-29-25(33)21-10-9-16-6-2-3-8-20(16)30-21/h2-11,18-19,22H,12-14H2,1H3,(H2,28,31)(H,29,33)/t18-,19-,22-/m1/s1. The first kappa shape index (κ1) is 21.7. The number of fused-ring (bicyclic) bond motifs is 2. The molecule has 1 saturated carbocycles. The Morgan fingerprint density at radius 2 is 1.97 bits per heavy atom. The SMILES string of the molecule is Cc1cccc(-c2sc(N)nc2C(=O)N2C[C@H]3C[C@H]3[C@H]2CNC(=O)c2ccc3ccccc3n2)c1. The third-order valence-corrected chi connectivity index (χ3v) is 7.93. The van der Waals surface area contributed by atoms with Crippen molar-refractivity contribution in [3.8, 4) is 10.4 Å². The monoisotopic (exact) mass is 483 g/mol. The second-order valence-electron chi connectivity index (χ2n) is 9.38. The van der Waals surface area contributed by atoms with E-state index in [1.165, 1.54) is 11.3 Å². The summed E-state index contributed by atoms with van der Waals surface area (Å²) in [6.07, 6.45) is 1.09. The van der Waals surface area contributed by atoms with Crippen molar-refractivity contribution in [2.45, 2.75) is 19.4 Å². The van der Waals surface area contributed by atoms with Gasteiger partial charge in [-0.05, 0) is 42.9 Å². The smallest absolute Gasteiger partial charge is 0.274 e. The maximum absolute atomic E-state index is 13.7. The third kappa shape index (κ3) is 4.04. The fourth-order valence-electron chi connectivity index (χ4n) is 5.15. The van der Waals surface area contributed by atoms with Crippen LogP contribution in [-0.2, 0) is 0 Å². The normalized spacial score (nSPS) is 20.6. The number of pyridine rings is 1. The Morgan fingerprint density at radius 3 is 2.83 bits per heavy atom. The molecule has 3 heterocycles. The Morgan fingerprint density at radius 1 is 1.11 bits per heavy atom. The molecule has 0 radical (unpaired) electrons. The first-order chi connectivity index (χ1) is 17.0. The number of thiazole rings is 1. The zero-order valence-corrected chi connectivity index (χ0v) is 20.1. The Hall–Kier alpha value is -3.78. The van der Waals surface area contributed by atoms with Gasteiger partial charge < -0.3 is 16.0 Å². The zero-order chi connectivity index (χ0) is 24.1. The highest BCUT2D eigenvalue weighted by atomic mass is 32.1. The van der Waals surface area contributed by atoms with Gasteiger partial charge in [-0.3, -0.25) is 9.59 Å². The molecule has 2 aromatic carbocycles. The summed E-state index contributed by atoms with van der Waals surface area (Å²) >= 11 is 1.33. The molecule has 1 aliphatic heterocycles. The number of nitrogens with one attached hydrogen (secondary N) is 1. The molecule has 176 valence electrons. The van der Waals surface area contributed by atoms with Gasteiger partial charge in [-0.2, -0.15) is 0 Å². The van der Waals surface area contributed by atoms with Crippen molar-refractivity contribution in [3.63, 3.8) is 0 Å². The molecular weight excluding hydrogens is 458 g/mol. The number of amides is 2. The summed E-state index contributed by atoms with van der Waals surface area (Å²) in [6.45, 7) is 3.09. The van der Waals surface area contributed by atoms with Crippen LogP contribution in [0.1, 0.15) is 33.0 Å². The largest absolute Gasteiger partial charge is 0.375 e. The molecule has 2 fully saturated rings. The third-order valence-electron chi connectivity index (χ3n) is 6.99. The highest BCUT2D eigenvalue weighted by molar-refractivity contribution is 7.19. The lowest BCUT2D eigenvalue weighted by Gasteiger charge is -2.27. The molecule has 8 heteroatoms. The van der Waals surface area contributed by atoms with E-state index >= 15 is 0 Å². The van der Waals surface area contributed by atoms with Gasteiger partial charge in [0.1, 0.15) is 11.4 Å². The first-order valence-corrected chi connectivity index (χ1v) is 12.6. The highest BCUT2D eigenvalue weighted by Gasteiger charge is 2.54. The molecule has 1 saturated heterocycles. The molecule has 0 unspecified atom stereocenters. The average Bonchev–Trinajstić information content (AvgIpc) is 3.38. The van der Waals surface area contributed by atoms with Gasteiger partial charge in [0, 0.05) is 18.5 Å². The molecule has 2 amide bonds. The molecule has 4 aromatic rings. The summed E-state index contributed by atoms with van der Waals surface area (Å²) in [5.41, 5.74) is 9.64. The van der Waals surface area contributed by atoms with Crippen molar-refractivity contribution < 1.29 is 9.59 Å². The Balaban J connectivity index is 1.21. The van der Waals surface area contributed by atoms with Crippen LogP contribution in [0.2, 0.25) is 0 Å². The van der Waals surface area contributed by atoms with Crippen molar-refractivity contribution >= 4 is 39.2 Å². The number of aryl methyl sites for hydroxylation is 1. The number of carbonyl (C=O) groups excluding carboxylic acids is 2. The van der Waals surface area contributed by atoms with E-state index in [-0.39, 0.29) is 17.9 Å². The summed E-state index contributed by atoms with van der Waals surface area (Å²) in [5, 5.41) is 4.39. The number of benzene rings is 2. The summed E-state index contributed by atoms with van der Waals surface area (Å²) < 4.78 is 0. The minimum absolute atomic E-state index is 0.0646. The molecule has 1 aliphatic carbocycles. The lowest BCUT2D eigenvalue weighted by atomic mass is 10.1. The van der Waals surface area contributed by atoms with Gasteiger partial charge in [0.05, 0.1) is 16.4 Å². The molecule has 3 N–H and O–H groups in total. The molecule has 35 heavy (non-hydrogen) atoms. The van der Waals surface area contributed by atoms with Crippen LogP contribution >= 0.6 is 11.3 Å². The predicted octanol–water partition coefficient (Wildman–Crippen LogP) is 4.14. The Bertz CT molecular complexity index is 1460. The lowest BCUT2D eigenvalue weighted by Crippen LogP contribution is -2.45. The second kappa shape index (κ2) is 8.46. The van der Waals surface area contributed by atoms with Crippen LogP contribution in [0.5, 0.6) is 0 Å². The van der Waals surface area contributed by atoms with Crippen LogP contribution in [0.3, 0.4) is 0 Å². The van der Waals surface area contributed by atoms with Gasteiger partial charge in [0.15, 0.2) is 5.13 Å². The number of likely N-dealkylation sites (tertiary alicyclic amines) is 1. The fourth-order valence-corrected chi connectivity index (χ4v) is 5.97. The Labute approximate surface area is 207 Å². The van der Waals surface area contributed by atoms with Crippen molar-refractivity contribution in [3.05, 3.63) is 77.6 Å². The van der Waals surface area contributed by atoms with Crippen molar-refractivity contribution in [1.82, 2.24) is 20.2 Å². The number of hydrogen-bond donors (Lipinski definition) is 2. The summed E-state index contributed by atoms with van der Waals surface area (Å²) in [6, 6.07) is 19.3. The van der Waals surface area contributed by atoms with E-state index in [1.54, 1.807) is 6.07 Å². The maximum Gasteiger partial charge on any atom is 0.274 e. The summed E-state index contributed by atoms with van der Waals surface area (Å²) in [5.74, 6) is 0.538. The quantitative estimate of drug-likeness (QED) is 0.444. The highest BCUT2D eigenvalue weighted by Crippen LogP contribution is 2.50. The van der Waals surface area contributed by atoms with Gasteiger partial charge >= 0.3 is 0 Å². The van der Waals surface area contributed by atoms with E-state index in [0.29, 0.717) is 41.4 Å². The van der Waals surface area contributed by atoms with Crippen molar-refractivity contribution in [2.75, 3.05) is 18.8 Å². The molecule has 0 spiro atoms. The number of rotatable bonds is 5. The lowest BCUT2D eigenvalue weighted by molar-refractivity contribution is 0.0690. The van der Waals surface area contributed by atoms with E-state index in [2.05, 4.69) is 15.3 Å². The van der Waals surface area contributed by atoms with Crippen LogP contribution in [0.25, 0.3) is 21.3 Å². The number of hydrogen-bond acceptors (Lipinski definition) is 6. The Kier molecular flexibility index (Phi) is 5.25. The fraction of sp³-hybridized carbons (Fsp3) is 0.259. The first-order valence-electron chi connectivity index (χ1n) is 11.8. The van der Waals surface area contributed by atoms with Gasteiger partial charge in [0.25, 0.3) is 11.8 Å². The van der Waals surface area contributed by atoms with Gasteiger partial charge in [-0.1, -0.05) is 65.4 Å². The number of carbonyl (C=O) groups is 2. The van der Waals surface area contributed by atoms with E-state index in [4.69, 9.17) is 5.73 Å². The van der Waals surface area contributed by atoms with E-state index in [1.807, 2.05) is 66.4 Å². The van der Waals surface area contributed by atoms with Crippen LogP contribution in [0.15, 0.2) is 60.7 Å². The minimum Gasteiger partial charge on any atom is -0.375 e. The summed E-state index contributed by atoms with van der Waals surface area (Å²) in [4.78, 5) is 38.1. The number of nitrogens with two attached hydrogens (primary N) is 1. The van der Waals surface area contributed by atoms with Crippen LogP contribution < -0.4 is 11.1 Å². The summed E-state index contributed by atoms with van der Waals surface area (Å²) in [7, 11) is 0. The van der Waals surface area contributed by atoms with E-state index < -0.39 is 0 Å². The predicted molar refractivity (Wildman–Crippen MR) is 137 cm³/mol. The zero-order valence-electron chi connectivity index (χ0n) is 19.3. The van der Waals surface area contributed by atoms with Crippen LogP contribution in [0.4, 0.5) is 5.13 Å². The van der Waals surface area contributed by atoms with Gasteiger partial charge in [0.2, 0.25) is 0 Å². The number of aromatic nitrogens is 2. The molecular formula is C27H25N5O2S. The van der Waals surface area contributed by atoms with Crippen LogP contribution in [0, 0.1) is 18.8 Å². The molecule has 7 nitrogen and oxygen atoms in total. The molecule has 2 aliphatic rings.